The molecule has 0 N–H and O–H groups in total. The Bertz CT molecular complexity index is 324. The molecule has 0 aliphatic carbocycles. The van der Waals surface area contributed by atoms with E-state index in [0.717, 1.165) is 11.1 Å². The minimum atomic E-state index is 0.0846. The fraction of sp³-hybridized carbons (Fsp3) is 0.417. The highest BCUT2D eigenvalue weighted by molar-refractivity contribution is 5.98. The predicted octanol–water partition coefficient (Wildman–Crippen LogP) is 3.14. The van der Waals surface area contributed by atoms with Crippen molar-refractivity contribution >= 4 is 5.78 Å². The molecule has 0 spiro atoms. The van der Waals surface area contributed by atoms with Crippen LogP contribution in [-0.2, 0) is 0 Å². The average Bonchev–Trinajstić information content (AvgIpc) is 2.03. The van der Waals surface area contributed by atoms with Gasteiger partial charge in [0.2, 0.25) is 0 Å². The molecule has 0 radical (unpaired) electrons. The summed E-state index contributed by atoms with van der Waals surface area (Å²) in [5, 5.41) is 0. The fourth-order valence-corrected chi connectivity index (χ4v) is 1.40. The lowest BCUT2D eigenvalue weighted by Crippen LogP contribution is -2.09. The van der Waals surface area contributed by atoms with E-state index in [9.17, 15) is 4.79 Å². The van der Waals surface area contributed by atoms with Crippen molar-refractivity contribution in [2.24, 2.45) is 5.92 Å². The quantitative estimate of drug-likeness (QED) is 0.633. The summed E-state index contributed by atoms with van der Waals surface area (Å²) in [5.41, 5.74) is 3.15. The number of benzene rings is 1. The summed E-state index contributed by atoms with van der Waals surface area (Å²) >= 11 is 0. The number of ketones is 1. The van der Waals surface area contributed by atoms with Gasteiger partial charge in [-0.05, 0) is 19.4 Å². The largest absolute Gasteiger partial charge is 0.294 e. The number of Topliss-reactive ketones (excluding diaryl/α,β-unsaturated/α-hetero) is 1. The smallest absolute Gasteiger partial charge is 0.165 e. The van der Waals surface area contributed by atoms with Gasteiger partial charge >= 0.3 is 0 Å². The molecule has 0 heterocycles. The van der Waals surface area contributed by atoms with Crippen molar-refractivity contribution in [3.8, 4) is 0 Å². The Morgan fingerprint density at radius 3 is 2.31 bits per heavy atom. The maximum Gasteiger partial charge on any atom is 0.165 e. The monoisotopic (exact) mass is 176 g/mol. The highest BCUT2D eigenvalue weighted by Gasteiger charge is 2.12. The van der Waals surface area contributed by atoms with Crippen LogP contribution in [0.3, 0.4) is 0 Å². The van der Waals surface area contributed by atoms with Crippen molar-refractivity contribution in [2.45, 2.75) is 27.7 Å². The van der Waals surface area contributed by atoms with Crippen LogP contribution in [-0.4, -0.2) is 5.78 Å². The van der Waals surface area contributed by atoms with E-state index in [1.807, 2.05) is 39.8 Å². The second kappa shape index (κ2) is 3.73. The van der Waals surface area contributed by atoms with Gasteiger partial charge in [-0.1, -0.05) is 37.6 Å². The second-order valence-corrected chi connectivity index (χ2v) is 3.84. The molecule has 0 amide bonds. The van der Waals surface area contributed by atoms with Gasteiger partial charge in [0.25, 0.3) is 0 Å². The lowest BCUT2D eigenvalue weighted by atomic mass is 9.96. The number of carbonyl (C=O) groups excluding carboxylic acids is 1. The summed E-state index contributed by atoms with van der Waals surface area (Å²) in [6.07, 6.45) is 0. The molecule has 1 nitrogen and oxygen atoms in total. The Hall–Kier alpha value is -1.11. The van der Waals surface area contributed by atoms with Crippen LogP contribution in [0.15, 0.2) is 18.2 Å². The zero-order chi connectivity index (χ0) is 10.0. The summed E-state index contributed by atoms with van der Waals surface area (Å²) in [6.45, 7) is 7.89. The van der Waals surface area contributed by atoms with E-state index < -0.39 is 0 Å². The maximum absolute atomic E-state index is 11.7. The normalized spacial score (nSPS) is 10.5. The molecule has 0 unspecified atom stereocenters. The van der Waals surface area contributed by atoms with E-state index in [4.69, 9.17) is 0 Å². The van der Waals surface area contributed by atoms with Crippen molar-refractivity contribution in [2.75, 3.05) is 0 Å². The van der Waals surface area contributed by atoms with Gasteiger partial charge in [0.15, 0.2) is 5.78 Å². The molecule has 0 saturated heterocycles. The van der Waals surface area contributed by atoms with Crippen molar-refractivity contribution in [1.82, 2.24) is 0 Å². The molecule has 0 saturated carbocycles. The van der Waals surface area contributed by atoms with Crippen LogP contribution in [0.25, 0.3) is 0 Å². The minimum absolute atomic E-state index is 0.0846. The SMILES string of the molecule is Cc1ccc(C(=O)C(C)C)c(C)c1. The van der Waals surface area contributed by atoms with Gasteiger partial charge in [-0.3, -0.25) is 4.79 Å². The molecule has 1 aromatic carbocycles. The van der Waals surface area contributed by atoms with E-state index in [1.165, 1.54) is 5.56 Å². The molecule has 0 fully saturated rings. The number of rotatable bonds is 2. The fourth-order valence-electron chi connectivity index (χ4n) is 1.40. The summed E-state index contributed by atoms with van der Waals surface area (Å²) in [5.74, 6) is 0.318. The minimum Gasteiger partial charge on any atom is -0.294 e. The molecule has 0 aliphatic heterocycles. The first-order valence-electron chi connectivity index (χ1n) is 4.64. The third-order valence-corrected chi connectivity index (χ3v) is 2.17. The topological polar surface area (TPSA) is 17.1 Å². The molecule has 0 aliphatic rings. The van der Waals surface area contributed by atoms with Gasteiger partial charge in [-0.25, -0.2) is 0 Å². The number of aryl methyl sites for hydroxylation is 2. The number of hydrogen-bond acceptors (Lipinski definition) is 1. The Morgan fingerprint density at radius 1 is 1.23 bits per heavy atom. The number of carbonyl (C=O) groups is 1. The first-order valence-corrected chi connectivity index (χ1v) is 4.64. The third-order valence-electron chi connectivity index (χ3n) is 2.17. The Labute approximate surface area is 79.8 Å². The number of hydrogen-bond donors (Lipinski definition) is 0. The summed E-state index contributed by atoms with van der Waals surface area (Å²) < 4.78 is 0. The van der Waals surface area contributed by atoms with Crippen LogP contribution in [0.4, 0.5) is 0 Å². The molecule has 1 rings (SSSR count). The molecule has 0 atom stereocenters. The van der Waals surface area contributed by atoms with Gasteiger partial charge in [0.1, 0.15) is 0 Å². The second-order valence-electron chi connectivity index (χ2n) is 3.84. The van der Waals surface area contributed by atoms with Crippen molar-refractivity contribution < 1.29 is 4.79 Å². The molecule has 0 aromatic heterocycles. The van der Waals surface area contributed by atoms with Crippen molar-refractivity contribution in [3.05, 3.63) is 34.9 Å². The zero-order valence-corrected chi connectivity index (χ0v) is 8.72. The molecule has 13 heavy (non-hydrogen) atoms. The molecular formula is C12H16O. The van der Waals surface area contributed by atoms with Gasteiger partial charge in [-0.15, -0.1) is 0 Å². The van der Waals surface area contributed by atoms with Crippen LogP contribution < -0.4 is 0 Å². The van der Waals surface area contributed by atoms with Crippen LogP contribution in [0.5, 0.6) is 0 Å². The van der Waals surface area contributed by atoms with Crippen LogP contribution in [0.2, 0.25) is 0 Å². The van der Waals surface area contributed by atoms with Crippen molar-refractivity contribution in [1.29, 1.82) is 0 Å². The maximum atomic E-state index is 11.7. The Kier molecular flexibility index (Phi) is 2.86. The first-order chi connectivity index (χ1) is 6.02. The summed E-state index contributed by atoms with van der Waals surface area (Å²) in [4.78, 5) is 11.7. The lowest BCUT2D eigenvalue weighted by molar-refractivity contribution is 0.0939. The van der Waals surface area contributed by atoms with E-state index in [0.29, 0.717) is 0 Å². The van der Waals surface area contributed by atoms with E-state index in [2.05, 4.69) is 6.07 Å². The lowest BCUT2D eigenvalue weighted by Gasteiger charge is -2.07. The van der Waals surface area contributed by atoms with E-state index in [-0.39, 0.29) is 11.7 Å². The zero-order valence-electron chi connectivity index (χ0n) is 8.72. The van der Waals surface area contributed by atoms with Crippen LogP contribution in [0.1, 0.15) is 35.3 Å². The molecule has 0 bridgehead atoms. The Balaban J connectivity index is 3.09. The van der Waals surface area contributed by atoms with Gasteiger partial charge in [0.05, 0.1) is 0 Å². The molecular weight excluding hydrogens is 160 g/mol. The van der Waals surface area contributed by atoms with Crippen LogP contribution in [0, 0.1) is 19.8 Å². The van der Waals surface area contributed by atoms with E-state index in [1.54, 1.807) is 0 Å². The summed E-state index contributed by atoms with van der Waals surface area (Å²) in [7, 11) is 0. The highest BCUT2D eigenvalue weighted by atomic mass is 16.1. The summed E-state index contributed by atoms with van der Waals surface area (Å²) in [6, 6.07) is 5.96. The van der Waals surface area contributed by atoms with Crippen molar-refractivity contribution in [3.63, 3.8) is 0 Å². The molecule has 1 heteroatoms. The molecule has 70 valence electrons. The van der Waals surface area contributed by atoms with Crippen LogP contribution >= 0.6 is 0 Å². The van der Waals surface area contributed by atoms with Gasteiger partial charge < -0.3 is 0 Å². The standard InChI is InChI=1S/C12H16O/c1-8(2)12(13)11-6-5-9(3)7-10(11)4/h5-8H,1-4H3. The van der Waals surface area contributed by atoms with Gasteiger partial charge in [0, 0.05) is 11.5 Å². The Morgan fingerprint density at radius 2 is 1.85 bits per heavy atom. The average molecular weight is 176 g/mol. The van der Waals surface area contributed by atoms with E-state index >= 15 is 0 Å². The third kappa shape index (κ3) is 2.18. The molecule has 1 aromatic rings. The first kappa shape index (κ1) is 9.97. The predicted molar refractivity (Wildman–Crippen MR) is 55.1 cm³/mol. The van der Waals surface area contributed by atoms with Gasteiger partial charge in [-0.2, -0.15) is 0 Å². The highest BCUT2D eigenvalue weighted by Crippen LogP contribution is 2.14.